The number of benzene rings is 1. The van der Waals surface area contributed by atoms with Crippen molar-refractivity contribution in [3.8, 4) is 0 Å². The Balaban J connectivity index is 2.01. The average Bonchev–Trinajstić information content (AvgIpc) is 2.83. The second-order valence-corrected chi connectivity index (χ2v) is 4.45. The number of amides is 1. The first-order valence-electron chi connectivity index (χ1n) is 5.48. The van der Waals surface area contributed by atoms with E-state index in [1.165, 1.54) is 0 Å². The minimum Gasteiger partial charge on any atom is -0.321 e. The summed E-state index contributed by atoms with van der Waals surface area (Å²) in [5.74, 6) is -1.71. The number of hydrogen-bond donors (Lipinski definition) is 0. The van der Waals surface area contributed by atoms with E-state index in [1.807, 2.05) is 12.1 Å². The Morgan fingerprint density at radius 3 is 2.00 bits per heavy atom. The van der Waals surface area contributed by atoms with Crippen LogP contribution in [0, 0.1) is 0 Å². The molecule has 2 nitrogen and oxygen atoms in total. The van der Waals surface area contributed by atoms with Gasteiger partial charge in [-0.15, -0.1) is 0 Å². The van der Waals surface area contributed by atoms with Gasteiger partial charge in [-0.2, -0.15) is 13.2 Å². The molecule has 0 unspecified atom stereocenters. The van der Waals surface area contributed by atoms with Gasteiger partial charge >= 0.3 is 12.1 Å². The quantitative estimate of drug-likeness (QED) is 0.683. The summed E-state index contributed by atoms with van der Waals surface area (Å²) < 4.78 is 37.5. The molecule has 1 amide bonds. The van der Waals surface area contributed by atoms with Gasteiger partial charge in [0, 0.05) is 0 Å². The van der Waals surface area contributed by atoms with E-state index in [4.69, 9.17) is 0 Å². The van der Waals surface area contributed by atoms with Crippen molar-refractivity contribution in [1.82, 2.24) is 4.90 Å². The first-order valence-corrected chi connectivity index (χ1v) is 5.48. The molecule has 5 heteroatoms. The van der Waals surface area contributed by atoms with Crippen LogP contribution >= 0.6 is 0 Å². The lowest BCUT2D eigenvalue weighted by Crippen LogP contribution is -2.39. The van der Waals surface area contributed by atoms with Crippen molar-refractivity contribution in [1.29, 1.82) is 0 Å². The fraction of sp³-hybridized carbons (Fsp3) is 0.417. The Bertz CT molecular complexity index is 452. The molecule has 2 atom stereocenters. The van der Waals surface area contributed by atoms with Crippen LogP contribution in [0.3, 0.4) is 0 Å². The summed E-state index contributed by atoms with van der Waals surface area (Å²) in [6.45, 7) is 0. The lowest BCUT2D eigenvalue weighted by molar-refractivity contribution is -0.188. The van der Waals surface area contributed by atoms with Crippen LogP contribution in [0.1, 0.15) is 36.1 Å². The second-order valence-electron chi connectivity index (χ2n) is 4.45. The Hall–Kier alpha value is -1.52. The maximum Gasteiger partial charge on any atom is 0.471 e. The van der Waals surface area contributed by atoms with E-state index in [9.17, 15) is 18.0 Å². The van der Waals surface area contributed by atoms with Crippen LogP contribution < -0.4 is 0 Å². The fourth-order valence-electron chi connectivity index (χ4n) is 2.97. The maximum absolute atomic E-state index is 12.5. The van der Waals surface area contributed by atoms with Gasteiger partial charge < -0.3 is 4.90 Å². The Labute approximate surface area is 96.0 Å². The van der Waals surface area contributed by atoms with Crippen molar-refractivity contribution < 1.29 is 18.0 Å². The molecule has 2 aliphatic rings. The molecule has 1 aromatic rings. The SMILES string of the molecule is O=C(N1[C@H]2CC[C@H]1c1ccccc12)C(F)(F)F. The zero-order valence-corrected chi connectivity index (χ0v) is 8.87. The highest BCUT2D eigenvalue weighted by atomic mass is 19.4. The van der Waals surface area contributed by atoms with E-state index in [1.54, 1.807) is 12.1 Å². The molecule has 0 radical (unpaired) electrons. The van der Waals surface area contributed by atoms with Crippen LogP contribution in [0.15, 0.2) is 24.3 Å². The molecule has 0 N–H and O–H groups in total. The van der Waals surface area contributed by atoms with Gasteiger partial charge in [-0.3, -0.25) is 4.79 Å². The van der Waals surface area contributed by atoms with Gasteiger partial charge in [-0.05, 0) is 24.0 Å². The average molecular weight is 241 g/mol. The Morgan fingerprint density at radius 1 is 1.12 bits per heavy atom. The van der Waals surface area contributed by atoms with E-state index in [-0.39, 0.29) is 12.1 Å². The summed E-state index contributed by atoms with van der Waals surface area (Å²) in [6.07, 6.45) is -3.52. The third kappa shape index (κ3) is 1.38. The van der Waals surface area contributed by atoms with E-state index in [0.29, 0.717) is 12.8 Å². The molecule has 2 bridgehead atoms. The Kier molecular flexibility index (Phi) is 2.03. The summed E-state index contributed by atoms with van der Waals surface area (Å²) in [4.78, 5) is 12.4. The summed E-state index contributed by atoms with van der Waals surface area (Å²) >= 11 is 0. The third-order valence-corrected chi connectivity index (χ3v) is 3.58. The minimum atomic E-state index is -4.77. The number of halogens is 3. The molecule has 1 fully saturated rings. The standard InChI is InChI=1S/C12H10F3NO/c13-12(14,15)11(17)16-9-5-6-10(16)8-4-2-1-3-7(8)9/h1-4,9-10H,5-6H2/t9-,10-/m0/s1. The van der Waals surface area contributed by atoms with Crippen LogP contribution in [0.5, 0.6) is 0 Å². The fourth-order valence-corrected chi connectivity index (χ4v) is 2.97. The van der Waals surface area contributed by atoms with Gasteiger partial charge in [0.15, 0.2) is 0 Å². The van der Waals surface area contributed by atoms with Crippen LogP contribution in [0.25, 0.3) is 0 Å². The van der Waals surface area contributed by atoms with Crippen molar-refractivity contribution >= 4 is 5.91 Å². The van der Waals surface area contributed by atoms with Gasteiger partial charge in [0.2, 0.25) is 0 Å². The van der Waals surface area contributed by atoms with E-state index < -0.39 is 12.1 Å². The molecule has 0 spiro atoms. The number of nitrogens with zero attached hydrogens (tertiary/aromatic N) is 1. The summed E-state index contributed by atoms with van der Waals surface area (Å²) in [6, 6.07) is 6.47. The topological polar surface area (TPSA) is 20.3 Å². The van der Waals surface area contributed by atoms with E-state index in [0.717, 1.165) is 16.0 Å². The molecule has 0 aliphatic carbocycles. The highest BCUT2D eigenvalue weighted by Crippen LogP contribution is 2.53. The monoisotopic (exact) mass is 241 g/mol. The predicted octanol–water partition coefficient (Wildman–Crippen LogP) is 2.97. The number of alkyl halides is 3. The molecule has 1 saturated heterocycles. The normalized spacial score (nSPS) is 26.2. The minimum absolute atomic E-state index is 0.384. The number of carbonyl (C=O) groups is 1. The van der Waals surface area contributed by atoms with Gasteiger partial charge in [0.1, 0.15) is 0 Å². The van der Waals surface area contributed by atoms with Gasteiger partial charge in [-0.25, -0.2) is 0 Å². The van der Waals surface area contributed by atoms with Gasteiger partial charge in [0.05, 0.1) is 12.1 Å². The number of hydrogen-bond acceptors (Lipinski definition) is 1. The highest BCUT2D eigenvalue weighted by molar-refractivity contribution is 5.84. The van der Waals surface area contributed by atoms with Crippen molar-refractivity contribution in [3.63, 3.8) is 0 Å². The molecular formula is C12H10F3NO. The van der Waals surface area contributed by atoms with Crippen LogP contribution in [-0.4, -0.2) is 17.0 Å². The number of fused-ring (bicyclic) bond motifs is 5. The van der Waals surface area contributed by atoms with E-state index >= 15 is 0 Å². The van der Waals surface area contributed by atoms with Crippen LogP contribution in [0.2, 0.25) is 0 Å². The summed E-state index contributed by atoms with van der Waals surface area (Å²) in [7, 11) is 0. The van der Waals surface area contributed by atoms with E-state index in [2.05, 4.69) is 0 Å². The number of rotatable bonds is 0. The summed E-state index contributed by atoms with van der Waals surface area (Å²) in [5.41, 5.74) is 1.75. The Morgan fingerprint density at radius 2 is 1.59 bits per heavy atom. The zero-order chi connectivity index (χ0) is 12.2. The lowest BCUT2D eigenvalue weighted by Gasteiger charge is -2.23. The zero-order valence-electron chi connectivity index (χ0n) is 8.87. The van der Waals surface area contributed by atoms with Gasteiger partial charge in [0.25, 0.3) is 0 Å². The number of carbonyl (C=O) groups excluding carboxylic acids is 1. The first-order chi connectivity index (χ1) is 8.00. The van der Waals surface area contributed by atoms with Crippen molar-refractivity contribution in [2.75, 3.05) is 0 Å². The molecule has 90 valence electrons. The molecule has 3 rings (SSSR count). The maximum atomic E-state index is 12.5. The van der Waals surface area contributed by atoms with Crippen molar-refractivity contribution in [2.24, 2.45) is 0 Å². The van der Waals surface area contributed by atoms with Crippen molar-refractivity contribution in [2.45, 2.75) is 31.1 Å². The molecule has 1 aromatic carbocycles. The molecule has 0 aromatic heterocycles. The van der Waals surface area contributed by atoms with Crippen molar-refractivity contribution in [3.05, 3.63) is 35.4 Å². The molecule has 2 heterocycles. The molecule has 0 saturated carbocycles. The second kappa shape index (κ2) is 3.24. The lowest BCUT2D eigenvalue weighted by atomic mass is 9.92. The van der Waals surface area contributed by atoms with Gasteiger partial charge in [-0.1, -0.05) is 24.3 Å². The highest BCUT2D eigenvalue weighted by Gasteiger charge is 2.53. The predicted molar refractivity (Wildman–Crippen MR) is 54.1 cm³/mol. The summed E-state index contributed by atoms with van der Waals surface area (Å²) in [5, 5.41) is 0. The first kappa shape index (κ1) is 10.6. The molecule has 17 heavy (non-hydrogen) atoms. The smallest absolute Gasteiger partial charge is 0.321 e. The third-order valence-electron chi connectivity index (χ3n) is 3.58. The van der Waals surface area contributed by atoms with Crippen LogP contribution in [-0.2, 0) is 4.79 Å². The molecular weight excluding hydrogens is 231 g/mol. The largest absolute Gasteiger partial charge is 0.471 e. The van der Waals surface area contributed by atoms with Crippen LogP contribution in [0.4, 0.5) is 13.2 Å². The molecule has 2 aliphatic heterocycles.